The molecule has 0 amide bonds. The topological polar surface area (TPSA) is 101 Å². The highest BCUT2D eigenvalue weighted by Crippen LogP contribution is 2.39. The molecule has 3 heterocycles. The van der Waals surface area contributed by atoms with Crippen LogP contribution in [0.3, 0.4) is 0 Å². The molecule has 0 bridgehead atoms. The van der Waals surface area contributed by atoms with Gasteiger partial charge in [-0.15, -0.1) is 11.3 Å². The average molecular weight is 607 g/mol. The molecule has 12 heteroatoms. The number of aromatic nitrogens is 2. The second-order valence-electron chi connectivity index (χ2n) is 10.2. The van der Waals surface area contributed by atoms with E-state index < -0.39 is 29.4 Å². The minimum Gasteiger partial charge on any atom is -0.454 e. The predicted octanol–water partition coefficient (Wildman–Crippen LogP) is 4.60. The number of nitrogen functional groups attached to an aromatic ring is 1. The first kappa shape index (κ1) is 28.6. The van der Waals surface area contributed by atoms with Crippen molar-refractivity contribution in [2.75, 3.05) is 39.8 Å². The molecule has 0 fully saturated rings. The number of fused-ring (bicyclic) bond motifs is 2. The molecular weight excluding hydrogens is 578 g/mol. The van der Waals surface area contributed by atoms with E-state index in [-0.39, 0.29) is 23.4 Å². The Morgan fingerprint density at radius 2 is 1.72 bits per heavy atom. The number of nitrogens with two attached hydrogens (primary N) is 1. The first-order chi connectivity index (χ1) is 20.8. The van der Waals surface area contributed by atoms with Crippen LogP contribution in [0, 0.1) is 11.6 Å². The van der Waals surface area contributed by atoms with Gasteiger partial charge in [0.15, 0.2) is 11.5 Å². The zero-order valence-corrected chi connectivity index (χ0v) is 24.2. The molecule has 0 radical (unpaired) electrons. The highest BCUT2D eigenvalue weighted by molar-refractivity contribution is 7.22. The van der Waals surface area contributed by atoms with Crippen LogP contribution in [0.5, 0.6) is 11.5 Å². The molecule has 3 aromatic carbocycles. The Hall–Kier alpha value is -4.52. The number of ether oxygens (including phenoxy) is 3. The Morgan fingerprint density at radius 3 is 2.44 bits per heavy atom. The maximum Gasteiger partial charge on any atom is 0.337 e. The van der Waals surface area contributed by atoms with E-state index >= 15 is 0 Å². The van der Waals surface area contributed by atoms with E-state index in [1.807, 2.05) is 24.1 Å². The van der Waals surface area contributed by atoms with Gasteiger partial charge in [0.1, 0.15) is 16.5 Å². The monoisotopic (exact) mass is 606 g/mol. The van der Waals surface area contributed by atoms with Crippen molar-refractivity contribution < 1.29 is 23.0 Å². The van der Waals surface area contributed by atoms with Gasteiger partial charge in [0, 0.05) is 42.4 Å². The third-order valence-corrected chi connectivity index (χ3v) is 8.65. The SMILES string of the molecule is COCCN(C)Cc1c(-c2ccc(N)cc2)sc2c1c(=O)n(-c1ccc3c(c1)OCO3)c(=O)n2Cc1c(F)cccc1F. The second-order valence-corrected chi connectivity index (χ2v) is 11.2. The molecule has 0 atom stereocenters. The number of nitrogens with zero attached hydrogens (tertiary/aromatic N) is 3. The lowest BCUT2D eigenvalue weighted by atomic mass is 10.1. The molecule has 0 saturated heterocycles. The Labute approximate surface area is 248 Å². The van der Waals surface area contributed by atoms with Gasteiger partial charge in [-0.1, -0.05) is 18.2 Å². The van der Waals surface area contributed by atoms with Gasteiger partial charge >= 0.3 is 5.69 Å². The second kappa shape index (κ2) is 11.6. The molecule has 5 aromatic rings. The smallest absolute Gasteiger partial charge is 0.337 e. The van der Waals surface area contributed by atoms with Crippen molar-refractivity contribution in [3.63, 3.8) is 0 Å². The molecule has 1 aliphatic rings. The number of hydrogen-bond acceptors (Lipinski definition) is 8. The van der Waals surface area contributed by atoms with Crippen LogP contribution in [0.2, 0.25) is 0 Å². The maximum atomic E-state index is 14.9. The van der Waals surface area contributed by atoms with Crippen LogP contribution < -0.4 is 26.5 Å². The van der Waals surface area contributed by atoms with E-state index in [0.717, 1.165) is 27.1 Å². The third kappa shape index (κ3) is 5.29. The van der Waals surface area contributed by atoms with Crippen molar-refractivity contribution in [2.45, 2.75) is 13.1 Å². The summed E-state index contributed by atoms with van der Waals surface area (Å²) in [5.74, 6) is -0.734. The fraction of sp³-hybridized carbons (Fsp3) is 0.226. The molecule has 0 spiro atoms. The molecule has 0 aliphatic carbocycles. The molecular formula is C31H28F2N4O5S. The van der Waals surface area contributed by atoms with E-state index in [2.05, 4.69) is 0 Å². The van der Waals surface area contributed by atoms with Crippen LogP contribution in [0.4, 0.5) is 14.5 Å². The van der Waals surface area contributed by atoms with Crippen molar-refractivity contribution in [1.29, 1.82) is 0 Å². The van der Waals surface area contributed by atoms with Gasteiger partial charge in [0.25, 0.3) is 5.56 Å². The molecule has 222 valence electrons. The highest BCUT2D eigenvalue weighted by Gasteiger charge is 2.26. The zero-order valence-electron chi connectivity index (χ0n) is 23.4. The average Bonchev–Trinajstić information content (AvgIpc) is 3.61. The van der Waals surface area contributed by atoms with Crippen LogP contribution in [0.25, 0.3) is 26.3 Å². The number of likely N-dealkylation sites (N-methyl/N-ethyl adjacent to an activating group) is 1. The number of halogens is 2. The first-order valence-corrected chi connectivity index (χ1v) is 14.3. The molecule has 9 nitrogen and oxygen atoms in total. The summed E-state index contributed by atoms with van der Waals surface area (Å²) in [4.78, 5) is 31.6. The molecule has 1 aliphatic heterocycles. The van der Waals surface area contributed by atoms with Gasteiger partial charge in [-0.2, -0.15) is 0 Å². The van der Waals surface area contributed by atoms with Gasteiger partial charge in [-0.05, 0) is 54.6 Å². The zero-order chi connectivity index (χ0) is 30.2. The molecule has 2 N–H and O–H groups in total. The van der Waals surface area contributed by atoms with Gasteiger partial charge in [0.2, 0.25) is 6.79 Å². The van der Waals surface area contributed by atoms with Crippen LogP contribution in [-0.2, 0) is 17.8 Å². The van der Waals surface area contributed by atoms with Crippen molar-refractivity contribution >= 4 is 27.2 Å². The van der Waals surface area contributed by atoms with E-state index in [0.29, 0.717) is 47.3 Å². The lowest BCUT2D eigenvalue weighted by Gasteiger charge is -2.18. The summed E-state index contributed by atoms with van der Waals surface area (Å²) in [6.07, 6.45) is 0. The molecule has 43 heavy (non-hydrogen) atoms. The quantitative estimate of drug-likeness (QED) is 0.245. The number of benzene rings is 3. The van der Waals surface area contributed by atoms with Crippen molar-refractivity contribution in [3.05, 3.63) is 104 Å². The van der Waals surface area contributed by atoms with Crippen molar-refractivity contribution in [3.8, 4) is 27.6 Å². The molecule has 2 aromatic heterocycles. The summed E-state index contributed by atoms with van der Waals surface area (Å²) in [5, 5.41) is 0.273. The first-order valence-electron chi connectivity index (χ1n) is 13.4. The van der Waals surface area contributed by atoms with Crippen molar-refractivity contribution in [2.24, 2.45) is 0 Å². The van der Waals surface area contributed by atoms with Gasteiger partial charge in [0.05, 0.1) is 24.2 Å². The summed E-state index contributed by atoms with van der Waals surface area (Å²) in [6.45, 7) is 0.960. The number of anilines is 1. The standard InChI is InChI=1S/C31H28F2N4O5S/c1-35(12-13-40-2)15-22-27-29(38)37(20-10-11-25-26(14-20)42-17-41-25)31(39)36(16-21-23(32)4-3-5-24(21)33)30(27)43-28(22)18-6-8-19(34)9-7-18/h3-11,14H,12-13,15-17,34H2,1-2H3. The largest absolute Gasteiger partial charge is 0.454 e. The summed E-state index contributed by atoms with van der Waals surface area (Å²) in [5.41, 5.74) is 6.63. The molecule has 6 rings (SSSR count). The lowest BCUT2D eigenvalue weighted by Crippen LogP contribution is -2.39. The minimum absolute atomic E-state index is 0.0109. The summed E-state index contributed by atoms with van der Waals surface area (Å²) >= 11 is 1.22. The number of methoxy groups -OCH3 is 1. The van der Waals surface area contributed by atoms with Crippen LogP contribution in [0.1, 0.15) is 11.1 Å². The minimum atomic E-state index is -0.796. The summed E-state index contributed by atoms with van der Waals surface area (Å²) < 4.78 is 48.3. The summed E-state index contributed by atoms with van der Waals surface area (Å²) in [7, 11) is 3.51. The predicted molar refractivity (Wildman–Crippen MR) is 161 cm³/mol. The number of thiophene rings is 1. The molecule has 0 unspecified atom stereocenters. The van der Waals surface area contributed by atoms with Crippen LogP contribution >= 0.6 is 11.3 Å². The van der Waals surface area contributed by atoms with Gasteiger partial charge < -0.3 is 19.9 Å². The van der Waals surface area contributed by atoms with Gasteiger partial charge in [-0.25, -0.2) is 18.1 Å². The number of rotatable bonds is 9. The lowest BCUT2D eigenvalue weighted by molar-refractivity contribution is 0.159. The van der Waals surface area contributed by atoms with E-state index in [4.69, 9.17) is 19.9 Å². The van der Waals surface area contributed by atoms with Crippen molar-refractivity contribution in [1.82, 2.24) is 14.0 Å². The van der Waals surface area contributed by atoms with E-state index in [1.165, 1.54) is 22.0 Å². The Morgan fingerprint density at radius 1 is 1.00 bits per heavy atom. The normalized spacial score (nSPS) is 12.5. The Kier molecular flexibility index (Phi) is 7.74. The van der Waals surface area contributed by atoms with Crippen LogP contribution in [-0.4, -0.2) is 48.1 Å². The fourth-order valence-electron chi connectivity index (χ4n) is 5.12. The Bertz CT molecular complexity index is 1930. The highest BCUT2D eigenvalue weighted by atomic mass is 32.1. The van der Waals surface area contributed by atoms with Crippen LogP contribution in [0.15, 0.2) is 70.3 Å². The molecule has 0 saturated carbocycles. The van der Waals surface area contributed by atoms with Gasteiger partial charge in [-0.3, -0.25) is 14.3 Å². The fourth-order valence-corrected chi connectivity index (χ4v) is 6.42. The van der Waals surface area contributed by atoms with E-state index in [1.54, 1.807) is 37.4 Å². The summed E-state index contributed by atoms with van der Waals surface area (Å²) in [6, 6.07) is 15.5. The number of hydrogen-bond donors (Lipinski definition) is 1. The maximum absolute atomic E-state index is 14.9. The van der Waals surface area contributed by atoms with E-state index in [9.17, 15) is 18.4 Å². The third-order valence-electron chi connectivity index (χ3n) is 7.34. The Balaban J connectivity index is 1.67.